The molecule has 0 aliphatic carbocycles. The average Bonchev–Trinajstić information content (AvgIpc) is 2.52. The van der Waals surface area contributed by atoms with Crippen LogP contribution in [0.3, 0.4) is 0 Å². The molecule has 0 unspecified atom stereocenters. The van der Waals surface area contributed by atoms with Crippen LogP contribution in [0.2, 0.25) is 0 Å². The van der Waals surface area contributed by atoms with E-state index in [1.807, 2.05) is 0 Å². The zero-order valence-corrected chi connectivity index (χ0v) is 16.9. The molecule has 4 heteroatoms. The molecule has 0 saturated heterocycles. The van der Waals surface area contributed by atoms with Crippen LogP contribution in [-0.4, -0.2) is 30.6 Å². The zero-order chi connectivity index (χ0) is 17.4. The summed E-state index contributed by atoms with van der Waals surface area (Å²) in [6.07, 6.45) is 6.03. The fourth-order valence-electron chi connectivity index (χ4n) is 3.86. The Kier molecular flexibility index (Phi) is 9.23. The van der Waals surface area contributed by atoms with Gasteiger partial charge in [0, 0.05) is 13.1 Å². The minimum atomic E-state index is -3.31. The first-order valence-electron chi connectivity index (χ1n) is 9.26. The third-order valence-electron chi connectivity index (χ3n) is 5.87. The molecule has 0 aromatic rings. The predicted molar refractivity (Wildman–Crippen MR) is 97.7 cm³/mol. The van der Waals surface area contributed by atoms with Gasteiger partial charge in [-0.2, -0.15) is 0 Å². The largest absolute Gasteiger partial charge is 0.220 e. The van der Waals surface area contributed by atoms with Crippen molar-refractivity contribution in [1.29, 1.82) is 0 Å². The van der Waals surface area contributed by atoms with Crippen molar-refractivity contribution in [1.82, 2.24) is 4.31 Å². The van der Waals surface area contributed by atoms with E-state index in [2.05, 4.69) is 48.5 Å². The van der Waals surface area contributed by atoms with Crippen molar-refractivity contribution in [3.05, 3.63) is 0 Å². The Labute approximate surface area is 139 Å². The van der Waals surface area contributed by atoms with E-state index < -0.39 is 14.8 Å². The van der Waals surface area contributed by atoms with Crippen molar-refractivity contribution in [2.45, 2.75) is 98.2 Å². The van der Waals surface area contributed by atoms with Crippen LogP contribution >= 0.6 is 0 Å². The van der Waals surface area contributed by atoms with Crippen molar-refractivity contribution in [3.63, 3.8) is 0 Å². The van der Waals surface area contributed by atoms with Gasteiger partial charge < -0.3 is 0 Å². The highest BCUT2D eigenvalue weighted by atomic mass is 32.2. The van der Waals surface area contributed by atoms with Gasteiger partial charge in [-0.3, -0.25) is 0 Å². The maximum Gasteiger partial charge on any atom is 0.220 e. The monoisotopic (exact) mass is 333 g/mol. The number of hydrogen-bond donors (Lipinski definition) is 0. The first kappa shape index (κ1) is 21.9. The molecule has 22 heavy (non-hydrogen) atoms. The molecule has 0 aliphatic heterocycles. The highest BCUT2D eigenvalue weighted by Crippen LogP contribution is 2.49. The summed E-state index contributed by atoms with van der Waals surface area (Å²) in [5.41, 5.74) is -0.173. The SMILES string of the molecule is CCCCN(CCC)S(=O)(=O)C(CC)(CC)C(C)(CC)CC. The Bertz CT molecular complexity index is 395. The predicted octanol–water partition coefficient (Wildman–Crippen LogP) is 5.21. The molecule has 0 fully saturated rings. The van der Waals surface area contributed by atoms with E-state index in [0.29, 0.717) is 25.9 Å². The van der Waals surface area contributed by atoms with E-state index in [1.54, 1.807) is 4.31 Å². The Morgan fingerprint density at radius 2 is 1.27 bits per heavy atom. The van der Waals surface area contributed by atoms with Gasteiger partial charge in [0.25, 0.3) is 0 Å². The van der Waals surface area contributed by atoms with Crippen LogP contribution in [0.5, 0.6) is 0 Å². The summed E-state index contributed by atoms with van der Waals surface area (Å²) in [5, 5.41) is 0. The van der Waals surface area contributed by atoms with Gasteiger partial charge >= 0.3 is 0 Å². The molecule has 3 nitrogen and oxygen atoms in total. The van der Waals surface area contributed by atoms with Crippen LogP contribution in [0.1, 0.15) is 93.4 Å². The first-order valence-corrected chi connectivity index (χ1v) is 10.7. The fourth-order valence-corrected chi connectivity index (χ4v) is 6.78. The van der Waals surface area contributed by atoms with Crippen LogP contribution in [0.15, 0.2) is 0 Å². The number of hydrogen-bond acceptors (Lipinski definition) is 2. The second kappa shape index (κ2) is 9.27. The van der Waals surface area contributed by atoms with E-state index in [1.165, 1.54) is 0 Å². The van der Waals surface area contributed by atoms with E-state index in [0.717, 1.165) is 32.1 Å². The van der Waals surface area contributed by atoms with E-state index >= 15 is 0 Å². The normalized spacial score (nSPS) is 13.8. The lowest BCUT2D eigenvalue weighted by atomic mass is 9.69. The molecular formula is C18H39NO2S. The molecule has 0 saturated carbocycles. The lowest BCUT2D eigenvalue weighted by molar-refractivity contribution is 0.170. The molecule has 0 aromatic carbocycles. The highest BCUT2D eigenvalue weighted by Gasteiger charge is 2.54. The smallest absolute Gasteiger partial charge is 0.212 e. The van der Waals surface area contributed by atoms with Crippen LogP contribution in [0.25, 0.3) is 0 Å². The first-order chi connectivity index (χ1) is 10.3. The summed E-state index contributed by atoms with van der Waals surface area (Å²) >= 11 is 0. The average molecular weight is 334 g/mol. The number of rotatable bonds is 12. The second-order valence-corrected chi connectivity index (χ2v) is 8.97. The van der Waals surface area contributed by atoms with E-state index in [4.69, 9.17) is 0 Å². The van der Waals surface area contributed by atoms with Gasteiger partial charge in [-0.25, -0.2) is 12.7 Å². The Hall–Kier alpha value is -0.0900. The third kappa shape index (κ3) is 3.87. The minimum Gasteiger partial charge on any atom is -0.212 e. The summed E-state index contributed by atoms with van der Waals surface area (Å²) in [5.74, 6) is 0. The molecule has 0 N–H and O–H groups in total. The van der Waals surface area contributed by atoms with Gasteiger partial charge in [0.15, 0.2) is 0 Å². The van der Waals surface area contributed by atoms with Crippen molar-refractivity contribution >= 4 is 10.0 Å². The van der Waals surface area contributed by atoms with Crippen LogP contribution in [0, 0.1) is 5.41 Å². The van der Waals surface area contributed by atoms with Crippen molar-refractivity contribution in [2.24, 2.45) is 5.41 Å². The zero-order valence-electron chi connectivity index (χ0n) is 16.0. The second-order valence-electron chi connectivity index (χ2n) is 6.73. The highest BCUT2D eigenvalue weighted by molar-refractivity contribution is 7.90. The van der Waals surface area contributed by atoms with Gasteiger partial charge in [-0.15, -0.1) is 0 Å². The molecular weight excluding hydrogens is 294 g/mol. The Morgan fingerprint density at radius 1 is 0.773 bits per heavy atom. The molecule has 0 rings (SSSR count). The van der Waals surface area contributed by atoms with Crippen LogP contribution in [-0.2, 0) is 10.0 Å². The lowest BCUT2D eigenvalue weighted by Gasteiger charge is -2.49. The van der Waals surface area contributed by atoms with Crippen LogP contribution in [0.4, 0.5) is 0 Å². The molecule has 0 spiro atoms. The third-order valence-corrected chi connectivity index (χ3v) is 8.97. The Morgan fingerprint density at radius 3 is 1.59 bits per heavy atom. The van der Waals surface area contributed by atoms with Gasteiger partial charge in [0.1, 0.15) is 0 Å². The summed E-state index contributed by atoms with van der Waals surface area (Å²) in [4.78, 5) is 0. The molecule has 0 atom stereocenters. The minimum absolute atomic E-state index is 0.173. The molecule has 134 valence electrons. The lowest BCUT2D eigenvalue weighted by Crippen LogP contribution is -2.57. The number of unbranched alkanes of at least 4 members (excludes halogenated alkanes) is 1. The topological polar surface area (TPSA) is 37.4 Å². The Balaban J connectivity index is 5.98. The summed E-state index contributed by atoms with van der Waals surface area (Å²) < 4.78 is 28.3. The quantitative estimate of drug-likeness (QED) is 0.491. The molecule has 0 heterocycles. The number of nitrogens with zero attached hydrogens (tertiary/aromatic N) is 1. The van der Waals surface area contributed by atoms with Gasteiger partial charge in [0.2, 0.25) is 10.0 Å². The van der Waals surface area contributed by atoms with Gasteiger partial charge in [-0.1, -0.05) is 54.9 Å². The summed E-state index contributed by atoms with van der Waals surface area (Å²) in [7, 11) is -3.31. The van der Waals surface area contributed by atoms with Crippen molar-refractivity contribution in [3.8, 4) is 0 Å². The number of sulfonamides is 1. The fraction of sp³-hybridized carbons (Fsp3) is 1.00. The van der Waals surface area contributed by atoms with Gasteiger partial charge in [0.05, 0.1) is 4.75 Å². The summed E-state index contributed by atoms with van der Waals surface area (Å²) in [6, 6.07) is 0. The van der Waals surface area contributed by atoms with Crippen LogP contribution < -0.4 is 0 Å². The van der Waals surface area contributed by atoms with Crippen molar-refractivity contribution < 1.29 is 8.42 Å². The molecule has 0 radical (unpaired) electrons. The maximum atomic E-state index is 13.6. The molecule has 0 amide bonds. The van der Waals surface area contributed by atoms with Gasteiger partial charge in [-0.05, 0) is 43.9 Å². The standard InChI is InChI=1S/C18H39NO2S/c1-8-14-16-19(15-9-2)22(20,21)18(12-5,13-6)17(7,10-3)11-4/h8-16H2,1-7H3. The van der Waals surface area contributed by atoms with E-state index in [-0.39, 0.29) is 5.41 Å². The van der Waals surface area contributed by atoms with E-state index in [9.17, 15) is 8.42 Å². The van der Waals surface area contributed by atoms with Crippen molar-refractivity contribution in [2.75, 3.05) is 13.1 Å². The molecule has 0 aliphatic rings. The summed E-state index contributed by atoms with van der Waals surface area (Å²) in [6.45, 7) is 16.0. The maximum absolute atomic E-state index is 13.6. The molecule has 0 bridgehead atoms. The molecule has 0 aromatic heterocycles.